The first-order chi connectivity index (χ1) is 8.06. The fraction of sp³-hybridized carbons (Fsp3) is 1.00. The number of nitrogens with zero attached hydrogens (tertiary/aromatic N) is 1. The van der Waals surface area contributed by atoms with Crippen molar-refractivity contribution in [1.82, 2.24) is 10.2 Å². The minimum atomic E-state index is 0.302. The quantitative estimate of drug-likeness (QED) is 0.692. The Bertz CT molecular complexity index is 208. The third-order valence-electron chi connectivity index (χ3n) is 3.72. The summed E-state index contributed by atoms with van der Waals surface area (Å²) in [6.45, 7) is 15.3. The molecule has 0 radical (unpaired) electrons. The molecule has 0 spiro atoms. The van der Waals surface area contributed by atoms with Crippen LogP contribution in [0.3, 0.4) is 0 Å². The van der Waals surface area contributed by atoms with Crippen molar-refractivity contribution >= 4 is 0 Å². The predicted molar refractivity (Wildman–Crippen MR) is 73.4 cm³/mol. The summed E-state index contributed by atoms with van der Waals surface area (Å²) in [6.07, 6.45) is 2.37. The lowest BCUT2D eigenvalue weighted by Crippen LogP contribution is -2.58. The van der Waals surface area contributed by atoms with Crippen LogP contribution in [0.5, 0.6) is 0 Å². The monoisotopic (exact) mass is 242 g/mol. The average molecular weight is 242 g/mol. The first kappa shape index (κ1) is 14.9. The first-order valence-electron chi connectivity index (χ1n) is 7.11. The molecule has 1 fully saturated rings. The lowest BCUT2D eigenvalue weighted by Gasteiger charge is -2.41. The van der Waals surface area contributed by atoms with Crippen LogP contribution < -0.4 is 5.32 Å². The van der Waals surface area contributed by atoms with Gasteiger partial charge in [-0.05, 0) is 25.7 Å². The van der Waals surface area contributed by atoms with Crippen LogP contribution in [0.2, 0.25) is 0 Å². The van der Waals surface area contributed by atoms with E-state index in [0.717, 1.165) is 45.3 Å². The van der Waals surface area contributed by atoms with Gasteiger partial charge >= 0.3 is 0 Å². The van der Waals surface area contributed by atoms with Crippen LogP contribution in [0.4, 0.5) is 0 Å². The van der Waals surface area contributed by atoms with Crippen LogP contribution >= 0.6 is 0 Å². The molecule has 1 N–H and O–H groups in total. The van der Waals surface area contributed by atoms with Gasteiger partial charge in [0.15, 0.2) is 0 Å². The Hall–Kier alpha value is -0.120. The highest BCUT2D eigenvalue weighted by atomic mass is 16.5. The van der Waals surface area contributed by atoms with Gasteiger partial charge in [0.25, 0.3) is 0 Å². The zero-order valence-corrected chi connectivity index (χ0v) is 12.1. The summed E-state index contributed by atoms with van der Waals surface area (Å²) in [5.41, 5.74) is 0.302. The van der Waals surface area contributed by atoms with E-state index < -0.39 is 0 Å². The maximum Gasteiger partial charge on any atom is 0.0593 e. The van der Waals surface area contributed by atoms with Gasteiger partial charge in [-0.2, -0.15) is 0 Å². The van der Waals surface area contributed by atoms with Crippen molar-refractivity contribution in [3.8, 4) is 0 Å². The lowest BCUT2D eigenvalue weighted by atomic mass is 9.96. The molecule has 0 aromatic carbocycles. The van der Waals surface area contributed by atoms with Crippen LogP contribution in [0.15, 0.2) is 0 Å². The smallest absolute Gasteiger partial charge is 0.0593 e. The van der Waals surface area contributed by atoms with E-state index in [1.165, 1.54) is 12.8 Å². The minimum absolute atomic E-state index is 0.302. The predicted octanol–water partition coefficient (Wildman–Crippen LogP) is 2.12. The molecule has 0 saturated carbocycles. The molecule has 1 heterocycles. The van der Waals surface area contributed by atoms with Gasteiger partial charge in [0.2, 0.25) is 0 Å². The van der Waals surface area contributed by atoms with Gasteiger partial charge in [0.1, 0.15) is 0 Å². The summed E-state index contributed by atoms with van der Waals surface area (Å²) in [5.74, 6) is 0.748. The maximum atomic E-state index is 5.69. The highest BCUT2D eigenvalue weighted by Crippen LogP contribution is 2.14. The number of ether oxygens (including phenoxy) is 1. The maximum absolute atomic E-state index is 5.69. The normalized spacial score (nSPS) is 26.6. The Balaban J connectivity index is 2.11. The highest BCUT2D eigenvalue weighted by molar-refractivity contribution is 4.89. The Morgan fingerprint density at radius 1 is 1.35 bits per heavy atom. The second kappa shape index (κ2) is 7.34. The standard InChI is InChI=1S/C14H30N2O/c1-5-14(4)12-16(8-7-15-14)9-11-17-10-6-13(2)3/h13,15H,5-12H2,1-4H3. The van der Waals surface area contributed by atoms with Crippen molar-refractivity contribution in [1.29, 1.82) is 0 Å². The average Bonchev–Trinajstić information content (AvgIpc) is 2.28. The third kappa shape index (κ3) is 5.84. The Morgan fingerprint density at radius 2 is 2.12 bits per heavy atom. The van der Waals surface area contributed by atoms with Gasteiger partial charge < -0.3 is 10.1 Å². The molecular weight excluding hydrogens is 212 g/mol. The molecule has 102 valence electrons. The molecule has 17 heavy (non-hydrogen) atoms. The minimum Gasteiger partial charge on any atom is -0.380 e. The van der Waals surface area contributed by atoms with E-state index in [0.29, 0.717) is 5.54 Å². The second-order valence-electron chi connectivity index (χ2n) is 5.91. The number of hydrogen-bond acceptors (Lipinski definition) is 3. The van der Waals surface area contributed by atoms with E-state index in [-0.39, 0.29) is 0 Å². The van der Waals surface area contributed by atoms with Crippen molar-refractivity contribution in [2.45, 2.75) is 46.1 Å². The Morgan fingerprint density at radius 3 is 2.76 bits per heavy atom. The van der Waals surface area contributed by atoms with E-state index in [9.17, 15) is 0 Å². The summed E-state index contributed by atoms with van der Waals surface area (Å²) in [6, 6.07) is 0. The lowest BCUT2D eigenvalue weighted by molar-refractivity contribution is 0.0710. The summed E-state index contributed by atoms with van der Waals surface area (Å²) in [5, 5.41) is 3.61. The molecular formula is C14H30N2O. The summed E-state index contributed by atoms with van der Waals surface area (Å²) in [7, 11) is 0. The molecule has 1 aliphatic rings. The third-order valence-corrected chi connectivity index (χ3v) is 3.72. The molecule has 0 amide bonds. The first-order valence-corrected chi connectivity index (χ1v) is 7.11. The van der Waals surface area contributed by atoms with Crippen LogP contribution in [0.1, 0.15) is 40.5 Å². The van der Waals surface area contributed by atoms with Crippen LogP contribution in [0, 0.1) is 5.92 Å². The van der Waals surface area contributed by atoms with Crippen LogP contribution in [-0.4, -0.2) is 49.8 Å². The van der Waals surface area contributed by atoms with Crippen molar-refractivity contribution in [2.24, 2.45) is 5.92 Å². The Kier molecular flexibility index (Phi) is 6.45. The molecule has 1 unspecified atom stereocenters. The summed E-state index contributed by atoms with van der Waals surface area (Å²) in [4.78, 5) is 2.52. The van der Waals surface area contributed by atoms with Gasteiger partial charge in [-0.3, -0.25) is 4.90 Å². The van der Waals surface area contributed by atoms with Gasteiger partial charge in [-0.1, -0.05) is 20.8 Å². The summed E-state index contributed by atoms with van der Waals surface area (Å²) < 4.78 is 5.69. The molecule has 0 bridgehead atoms. The molecule has 1 aliphatic heterocycles. The number of rotatable bonds is 7. The van der Waals surface area contributed by atoms with Crippen molar-refractivity contribution in [3.05, 3.63) is 0 Å². The number of piperazine rings is 1. The molecule has 3 nitrogen and oxygen atoms in total. The fourth-order valence-electron chi connectivity index (χ4n) is 2.19. The molecule has 3 heteroatoms. The Labute approximate surface area is 107 Å². The summed E-state index contributed by atoms with van der Waals surface area (Å²) >= 11 is 0. The molecule has 1 rings (SSSR count). The topological polar surface area (TPSA) is 24.5 Å². The zero-order valence-electron chi connectivity index (χ0n) is 12.1. The number of nitrogens with one attached hydrogen (secondary N) is 1. The molecule has 0 aromatic heterocycles. The SMILES string of the molecule is CCC1(C)CN(CCOCCC(C)C)CCN1. The van der Waals surface area contributed by atoms with Crippen molar-refractivity contribution in [3.63, 3.8) is 0 Å². The second-order valence-corrected chi connectivity index (χ2v) is 5.91. The molecule has 1 saturated heterocycles. The van der Waals surface area contributed by atoms with Crippen molar-refractivity contribution < 1.29 is 4.74 Å². The van der Waals surface area contributed by atoms with Gasteiger partial charge in [0, 0.05) is 38.3 Å². The largest absolute Gasteiger partial charge is 0.380 e. The molecule has 0 aliphatic carbocycles. The van der Waals surface area contributed by atoms with E-state index >= 15 is 0 Å². The van der Waals surface area contributed by atoms with E-state index in [2.05, 4.69) is 37.9 Å². The van der Waals surface area contributed by atoms with Crippen LogP contribution in [0.25, 0.3) is 0 Å². The molecule has 1 atom stereocenters. The fourth-order valence-corrected chi connectivity index (χ4v) is 2.19. The van der Waals surface area contributed by atoms with E-state index in [1.54, 1.807) is 0 Å². The zero-order chi connectivity index (χ0) is 12.7. The van der Waals surface area contributed by atoms with Crippen molar-refractivity contribution in [2.75, 3.05) is 39.4 Å². The van der Waals surface area contributed by atoms with Crippen LogP contribution in [-0.2, 0) is 4.74 Å². The van der Waals surface area contributed by atoms with Gasteiger partial charge in [-0.25, -0.2) is 0 Å². The van der Waals surface area contributed by atoms with E-state index in [1.807, 2.05) is 0 Å². The highest BCUT2D eigenvalue weighted by Gasteiger charge is 2.28. The number of hydrogen-bond donors (Lipinski definition) is 1. The molecule has 0 aromatic rings. The van der Waals surface area contributed by atoms with Gasteiger partial charge in [-0.15, -0.1) is 0 Å². The van der Waals surface area contributed by atoms with Gasteiger partial charge in [0.05, 0.1) is 6.61 Å². The van der Waals surface area contributed by atoms with E-state index in [4.69, 9.17) is 4.74 Å².